The number of carbonyl (C=O) groups is 1. The van der Waals surface area contributed by atoms with E-state index in [9.17, 15) is 4.79 Å². The fourth-order valence-electron chi connectivity index (χ4n) is 0.135. The second-order valence-electron chi connectivity index (χ2n) is 0.822. The molecule has 0 aliphatic heterocycles. The molecule has 3 heteroatoms. The SMILES string of the molecule is C=CSC(=O)NC. The number of rotatable bonds is 1. The maximum Gasteiger partial charge on any atom is 0.283 e. The number of hydrogen-bond donors (Lipinski definition) is 1. The first kappa shape index (κ1) is 6.56. The van der Waals surface area contributed by atoms with Gasteiger partial charge in [-0.25, -0.2) is 0 Å². The molecule has 40 valence electrons. The quantitative estimate of drug-likeness (QED) is 0.559. The molecule has 1 N–H and O–H groups in total. The number of carbonyl (C=O) groups excluding carboxylic acids is 1. The summed E-state index contributed by atoms with van der Waals surface area (Å²) < 4.78 is 0. The summed E-state index contributed by atoms with van der Waals surface area (Å²) in [5.74, 6) is 0. The predicted octanol–water partition coefficient (Wildman–Crippen LogP) is 1.20. The summed E-state index contributed by atoms with van der Waals surface area (Å²) in [5.41, 5.74) is 0. The Bertz CT molecular complexity index is 81.8. The number of thioether (sulfide) groups is 1. The van der Waals surface area contributed by atoms with Gasteiger partial charge < -0.3 is 5.32 Å². The van der Waals surface area contributed by atoms with Crippen LogP contribution in [0.5, 0.6) is 0 Å². The molecule has 0 unspecified atom stereocenters. The molecule has 0 aromatic rings. The third-order valence-electron chi connectivity index (χ3n) is 0.394. The normalized spacial score (nSPS) is 7.57. The van der Waals surface area contributed by atoms with Gasteiger partial charge in [0.25, 0.3) is 5.24 Å². The summed E-state index contributed by atoms with van der Waals surface area (Å²) in [7, 11) is 1.58. The van der Waals surface area contributed by atoms with Gasteiger partial charge in [-0.3, -0.25) is 4.79 Å². The summed E-state index contributed by atoms with van der Waals surface area (Å²) in [6, 6.07) is 0. The monoisotopic (exact) mass is 117 g/mol. The average Bonchev–Trinajstić information content (AvgIpc) is 1.68. The molecule has 0 rings (SSSR count). The van der Waals surface area contributed by atoms with Crippen molar-refractivity contribution in [2.75, 3.05) is 7.05 Å². The molecule has 0 saturated heterocycles. The van der Waals surface area contributed by atoms with E-state index >= 15 is 0 Å². The van der Waals surface area contributed by atoms with E-state index in [4.69, 9.17) is 0 Å². The standard InChI is InChI=1S/C4H7NOS/c1-3-7-4(6)5-2/h3H,1H2,2H3,(H,5,6). The second kappa shape index (κ2) is 3.74. The van der Waals surface area contributed by atoms with E-state index in [1.807, 2.05) is 0 Å². The topological polar surface area (TPSA) is 29.1 Å². The number of amides is 1. The Balaban J connectivity index is 3.17. The predicted molar refractivity (Wildman–Crippen MR) is 32.2 cm³/mol. The van der Waals surface area contributed by atoms with E-state index in [0.29, 0.717) is 0 Å². The summed E-state index contributed by atoms with van der Waals surface area (Å²) in [6.45, 7) is 3.35. The molecule has 7 heavy (non-hydrogen) atoms. The Morgan fingerprint density at radius 3 is 2.71 bits per heavy atom. The summed E-state index contributed by atoms with van der Waals surface area (Å²) in [6.07, 6.45) is 0. The largest absolute Gasteiger partial charge is 0.350 e. The lowest BCUT2D eigenvalue weighted by molar-refractivity contribution is 0.262. The van der Waals surface area contributed by atoms with Crippen molar-refractivity contribution in [3.05, 3.63) is 12.0 Å². The molecule has 1 amide bonds. The lowest BCUT2D eigenvalue weighted by Gasteiger charge is -1.87. The zero-order chi connectivity index (χ0) is 5.70. The Labute approximate surface area is 47.0 Å². The van der Waals surface area contributed by atoms with Crippen LogP contribution < -0.4 is 5.32 Å². The van der Waals surface area contributed by atoms with Crippen molar-refractivity contribution in [3.8, 4) is 0 Å². The van der Waals surface area contributed by atoms with Gasteiger partial charge >= 0.3 is 0 Å². The van der Waals surface area contributed by atoms with Crippen LogP contribution in [-0.4, -0.2) is 12.3 Å². The minimum atomic E-state index is -0.0741. The van der Waals surface area contributed by atoms with Crippen molar-refractivity contribution in [2.24, 2.45) is 0 Å². The van der Waals surface area contributed by atoms with Crippen LogP contribution in [0.25, 0.3) is 0 Å². The molecule has 0 atom stereocenters. The smallest absolute Gasteiger partial charge is 0.283 e. The van der Waals surface area contributed by atoms with Gasteiger partial charge in [0.2, 0.25) is 0 Å². The minimum absolute atomic E-state index is 0.0741. The Morgan fingerprint density at radius 1 is 2.00 bits per heavy atom. The van der Waals surface area contributed by atoms with Gasteiger partial charge in [-0.05, 0) is 17.2 Å². The maximum absolute atomic E-state index is 10.2. The lowest BCUT2D eigenvalue weighted by Crippen LogP contribution is -2.09. The molecule has 2 nitrogen and oxygen atoms in total. The van der Waals surface area contributed by atoms with Crippen LogP contribution in [0.15, 0.2) is 12.0 Å². The molecule has 0 aliphatic rings. The van der Waals surface area contributed by atoms with Crippen LogP contribution >= 0.6 is 11.8 Å². The highest BCUT2D eigenvalue weighted by molar-refractivity contribution is 8.16. The van der Waals surface area contributed by atoms with E-state index in [-0.39, 0.29) is 5.24 Å². The van der Waals surface area contributed by atoms with Crippen LogP contribution in [0.2, 0.25) is 0 Å². The van der Waals surface area contributed by atoms with E-state index in [0.717, 1.165) is 11.8 Å². The summed E-state index contributed by atoms with van der Waals surface area (Å²) in [4.78, 5) is 10.2. The highest BCUT2D eigenvalue weighted by Gasteiger charge is 1.88. The Morgan fingerprint density at radius 2 is 2.57 bits per heavy atom. The van der Waals surface area contributed by atoms with Gasteiger partial charge in [-0.15, -0.1) is 0 Å². The molecular weight excluding hydrogens is 110 g/mol. The van der Waals surface area contributed by atoms with Crippen LogP contribution in [0.1, 0.15) is 0 Å². The maximum atomic E-state index is 10.2. The van der Waals surface area contributed by atoms with Crippen LogP contribution in [0, 0.1) is 0 Å². The molecule has 0 bridgehead atoms. The highest BCUT2D eigenvalue weighted by atomic mass is 32.2. The van der Waals surface area contributed by atoms with Crippen molar-refractivity contribution >= 4 is 17.0 Å². The van der Waals surface area contributed by atoms with Gasteiger partial charge in [-0.2, -0.15) is 0 Å². The van der Waals surface area contributed by atoms with Crippen LogP contribution in [0.4, 0.5) is 4.79 Å². The molecule has 0 aromatic carbocycles. The van der Waals surface area contributed by atoms with Crippen molar-refractivity contribution in [1.82, 2.24) is 5.32 Å². The minimum Gasteiger partial charge on any atom is -0.350 e. The lowest BCUT2D eigenvalue weighted by atomic mass is 11.2. The molecule has 0 fully saturated rings. The van der Waals surface area contributed by atoms with Gasteiger partial charge in [0.05, 0.1) is 0 Å². The van der Waals surface area contributed by atoms with Crippen molar-refractivity contribution in [2.45, 2.75) is 0 Å². The Hall–Kier alpha value is -0.440. The first-order chi connectivity index (χ1) is 3.31. The van der Waals surface area contributed by atoms with E-state index < -0.39 is 0 Å². The average molecular weight is 117 g/mol. The van der Waals surface area contributed by atoms with E-state index in [1.54, 1.807) is 7.05 Å². The van der Waals surface area contributed by atoms with Gasteiger partial charge in [0.1, 0.15) is 0 Å². The Kier molecular flexibility index (Phi) is 3.50. The number of nitrogens with one attached hydrogen (secondary N) is 1. The molecule has 0 saturated carbocycles. The molecule has 0 spiro atoms. The zero-order valence-corrected chi connectivity index (χ0v) is 4.92. The van der Waals surface area contributed by atoms with E-state index in [2.05, 4.69) is 11.9 Å². The zero-order valence-electron chi connectivity index (χ0n) is 4.10. The van der Waals surface area contributed by atoms with Gasteiger partial charge in [0.15, 0.2) is 0 Å². The molecule has 0 aliphatic carbocycles. The third kappa shape index (κ3) is 3.39. The highest BCUT2D eigenvalue weighted by Crippen LogP contribution is 1.98. The molecule has 0 radical (unpaired) electrons. The molecule has 0 heterocycles. The number of hydrogen-bond acceptors (Lipinski definition) is 2. The second-order valence-corrected chi connectivity index (χ2v) is 1.76. The van der Waals surface area contributed by atoms with Crippen LogP contribution in [0.3, 0.4) is 0 Å². The van der Waals surface area contributed by atoms with Gasteiger partial charge in [-0.1, -0.05) is 6.58 Å². The van der Waals surface area contributed by atoms with Gasteiger partial charge in [0, 0.05) is 7.05 Å². The molecule has 0 aromatic heterocycles. The summed E-state index contributed by atoms with van der Waals surface area (Å²) in [5, 5.41) is 3.83. The first-order valence-electron chi connectivity index (χ1n) is 1.80. The third-order valence-corrected chi connectivity index (χ3v) is 0.979. The van der Waals surface area contributed by atoms with Crippen molar-refractivity contribution in [3.63, 3.8) is 0 Å². The first-order valence-corrected chi connectivity index (χ1v) is 2.68. The van der Waals surface area contributed by atoms with Crippen molar-refractivity contribution < 1.29 is 4.79 Å². The van der Waals surface area contributed by atoms with Crippen molar-refractivity contribution in [1.29, 1.82) is 0 Å². The fourth-order valence-corrected chi connectivity index (χ4v) is 0.404. The summed E-state index contributed by atoms with van der Waals surface area (Å²) >= 11 is 1.05. The van der Waals surface area contributed by atoms with E-state index in [1.165, 1.54) is 5.41 Å². The van der Waals surface area contributed by atoms with Crippen LogP contribution in [-0.2, 0) is 0 Å². The fraction of sp³-hybridized carbons (Fsp3) is 0.250. The molecular formula is C4H7NOS.